The van der Waals surface area contributed by atoms with Crippen molar-refractivity contribution in [2.45, 2.75) is 38.8 Å². The number of ether oxygens (including phenoxy) is 1. The summed E-state index contributed by atoms with van der Waals surface area (Å²) in [5.74, 6) is 0.652. The van der Waals surface area contributed by atoms with Crippen LogP contribution in [0.3, 0.4) is 0 Å². The first-order chi connectivity index (χ1) is 22.2. The van der Waals surface area contributed by atoms with E-state index in [9.17, 15) is 13.2 Å². The van der Waals surface area contributed by atoms with Gasteiger partial charge in [0.25, 0.3) is 0 Å². The Kier molecular flexibility index (Phi) is 9.78. The fourth-order valence-corrected chi connectivity index (χ4v) is 7.29. The molecule has 46 heavy (non-hydrogen) atoms. The highest BCUT2D eigenvalue weighted by Crippen LogP contribution is 2.32. The van der Waals surface area contributed by atoms with Crippen molar-refractivity contribution in [1.29, 1.82) is 0 Å². The van der Waals surface area contributed by atoms with Crippen LogP contribution in [0.4, 0.5) is 5.69 Å². The minimum Gasteiger partial charge on any atom is -0.492 e. The van der Waals surface area contributed by atoms with Crippen LogP contribution in [0.5, 0.6) is 5.75 Å². The van der Waals surface area contributed by atoms with Gasteiger partial charge < -0.3 is 9.72 Å². The second kappa shape index (κ2) is 14.1. The molecule has 0 radical (unpaired) electrons. The van der Waals surface area contributed by atoms with E-state index in [-0.39, 0.29) is 29.6 Å². The molecule has 1 aliphatic carbocycles. The van der Waals surface area contributed by atoms with Gasteiger partial charge in [0, 0.05) is 41.3 Å². The third-order valence-electron chi connectivity index (χ3n) is 8.47. The molecule has 0 atom stereocenters. The molecule has 0 unspecified atom stereocenters. The average molecular weight is 656 g/mol. The molecule has 0 saturated heterocycles. The summed E-state index contributed by atoms with van der Waals surface area (Å²) in [4.78, 5) is 19.4. The van der Waals surface area contributed by atoms with Gasteiger partial charge in [-0.3, -0.25) is 14.0 Å². The Labute approximate surface area is 275 Å². The first-order valence-electron chi connectivity index (χ1n) is 15.6. The number of aryl methyl sites for hydroxylation is 2. The molecule has 1 N–H and O–H groups in total. The molecule has 0 amide bonds. The van der Waals surface area contributed by atoms with E-state index < -0.39 is 10.0 Å². The first kappa shape index (κ1) is 31.9. The lowest BCUT2D eigenvalue weighted by Crippen LogP contribution is -2.33. The average Bonchev–Trinajstić information content (AvgIpc) is 3.42. The lowest BCUT2D eigenvalue weighted by atomic mass is 9.96. The molecule has 0 saturated carbocycles. The van der Waals surface area contributed by atoms with Crippen molar-refractivity contribution < 1.29 is 17.9 Å². The predicted molar refractivity (Wildman–Crippen MR) is 185 cm³/mol. The minimum atomic E-state index is -3.69. The number of aromatic amines is 1. The number of hydrogen-bond donors (Lipinski definition) is 1. The SMILES string of the molecule is CS(=O)(=O)N(Cc1ccccc1)c1cc(C(=O)CN(CCOc2ccc3c4c([nH]c3c2)CCCC4)Cc2ccccc2)ccc1Cl. The number of H-pyrrole nitrogens is 1. The molecule has 1 heterocycles. The van der Waals surface area contributed by atoms with Crippen molar-refractivity contribution in [3.05, 3.63) is 130 Å². The normalized spacial score (nSPS) is 13.1. The van der Waals surface area contributed by atoms with E-state index in [0.717, 1.165) is 41.5 Å². The molecule has 0 fully saturated rings. The second-order valence-electron chi connectivity index (χ2n) is 11.9. The van der Waals surface area contributed by atoms with Gasteiger partial charge >= 0.3 is 0 Å². The monoisotopic (exact) mass is 655 g/mol. The predicted octanol–water partition coefficient (Wildman–Crippen LogP) is 7.43. The topological polar surface area (TPSA) is 82.7 Å². The summed E-state index contributed by atoms with van der Waals surface area (Å²) in [5.41, 5.74) is 6.44. The zero-order chi connectivity index (χ0) is 32.1. The standard InChI is InChI=1S/C37H38ClN3O4S/c1-46(43,44)41(25-28-12-6-3-7-13-28)36-22-29(16-19-33(36)38)37(42)26-40(24-27-10-4-2-5-11-27)20-21-45-30-17-18-32-31-14-8-9-15-34(31)39-35(32)23-30/h2-7,10-13,16-19,22-23,39H,8-9,14-15,20-21,24-26H2,1H3. The van der Waals surface area contributed by atoms with Gasteiger partial charge in [0.05, 0.1) is 30.1 Å². The van der Waals surface area contributed by atoms with Crippen molar-refractivity contribution in [2.24, 2.45) is 0 Å². The fraction of sp³-hybridized carbons (Fsp3) is 0.270. The Morgan fingerprint density at radius 1 is 0.870 bits per heavy atom. The Hall–Kier alpha value is -4.11. The molecular weight excluding hydrogens is 618 g/mol. The molecule has 4 aromatic carbocycles. The maximum absolute atomic E-state index is 13.7. The van der Waals surface area contributed by atoms with Crippen molar-refractivity contribution in [2.75, 3.05) is 30.3 Å². The fourth-order valence-electron chi connectivity index (χ4n) is 6.13. The number of benzene rings is 4. The van der Waals surface area contributed by atoms with Crippen molar-refractivity contribution in [3.63, 3.8) is 0 Å². The van der Waals surface area contributed by atoms with Crippen LogP contribution < -0.4 is 9.04 Å². The molecule has 0 bridgehead atoms. The minimum absolute atomic E-state index is 0.103. The number of anilines is 1. The number of fused-ring (bicyclic) bond motifs is 3. The number of Topliss-reactive ketones (excluding diaryl/α,β-unsaturated/α-hetero) is 1. The Morgan fingerprint density at radius 2 is 1.57 bits per heavy atom. The number of rotatable bonds is 13. The van der Waals surface area contributed by atoms with Crippen molar-refractivity contribution >= 4 is 44.0 Å². The molecule has 6 rings (SSSR count). The third kappa shape index (κ3) is 7.64. The van der Waals surface area contributed by atoms with E-state index >= 15 is 0 Å². The van der Waals surface area contributed by atoms with E-state index in [4.69, 9.17) is 16.3 Å². The second-order valence-corrected chi connectivity index (χ2v) is 14.2. The van der Waals surface area contributed by atoms with E-state index in [1.54, 1.807) is 18.2 Å². The maximum atomic E-state index is 13.7. The zero-order valence-corrected chi connectivity index (χ0v) is 27.5. The number of sulfonamides is 1. The van der Waals surface area contributed by atoms with Crippen LogP contribution >= 0.6 is 11.6 Å². The Bertz CT molecular complexity index is 1930. The van der Waals surface area contributed by atoms with E-state index in [1.165, 1.54) is 33.8 Å². The van der Waals surface area contributed by atoms with Gasteiger partial charge in [-0.2, -0.15) is 0 Å². The summed E-state index contributed by atoms with van der Waals surface area (Å²) in [7, 11) is -3.69. The van der Waals surface area contributed by atoms with E-state index in [2.05, 4.69) is 22.0 Å². The Balaban J connectivity index is 1.18. The number of halogens is 1. The molecule has 0 aliphatic heterocycles. The van der Waals surface area contributed by atoms with Gasteiger partial charge in [-0.1, -0.05) is 72.3 Å². The van der Waals surface area contributed by atoms with Gasteiger partial charge in [-0.15, -0.1) is 0 Å². The quantitative estimate of drug-likeness (QED) is 0.133. The smallest absolute Gasteiger partial charge is 0.232 e. The van der Waals surface area contributed by atoms with Crippen molar-refractivity contribution in [1.82, 2.24) is 9.88 Å². The number of carbonyl (C=O) groups excluding carboxylic acids is 1. The molecule has 7 nitrogen and oxygen atoms in total. The van der Waals surface area contributed by atoms with Crippen LogP contribution in [-0.4, -0.2) is 50.0 Å². The molecular formula is C37H38ClN3O4S. The Morgan fingerprint density at radius 3 is 2.28 bits per heavy atom. The maximum Gasteiger partial charge on any atom is 0.232 e. The molecule has 0 spiro atoms. The number of aromatic nitrogens is 1. The van der Waals surface area contributed by atoms with Gasteiger partial charge in [-0.25, -0.2) is 8.42 Å². The lowest BCUT2D eigenvalue weighted by molar-refractivity contribution is 0.0912. The summed E-state index contributed by atoms with van der Waals surface area (Å²) in [5, 5.41) is 1.53. The molecule has 5 aromatic rings. The van der Waals surface area contributed by atoms with E-state index in [0.29, 0.717) is 25.3 Å². The zero-order valence-electron chi connectivity index (χ0n) is 25.9. The summed E-state index contributed by atoms with van der Waals surface area (Å²) in [6.07, 6.45) is 5.81. The number of nitrogens with one attached hydrogen (secondary N) is 1. The highest BCUT2D eigenvalue weighted by atomic mass is 35.5. The van der Waals surface area contributed by atoms with Gasteiger partial charge in [0.15, 0.2) is 5.78 Å². The van der Waals surface area contributed by atoms with Gasteiger partial charge in [0.2, 0.25) is 10.0 Å². The molecule has 1 aromatic heterocycles. The summed E-state index contributed by atoms with van der Waals surface area (Å²) in [6, 6.07) is 30.4. The van der Waals surface area contributed by atoms with Crippen LogP contribution in [0.2, 0.25) is 5.02 Å². The summed E-state index contributed by atoms with van der Waals surface area (Å²) >= 11 is 6.53. The van der Waals surface area contributed by atoms with Crippen LogP contribution in [0, 0.1) is 0 Å². The number of nitrogens with zero attached hydrogens (tertiary/aromatic N) is 2. The van der Waals surface area contributed by atoms with Gasteiger partial charge in [0.1, 0.15) is 12.4 Å². The van der Waals surface area contributed by atoms with Crippen LogP contribution in [-0.2, 0) is 36.0 Å². The molecule has 9 heteroatoms. The summed E-state index contributed by atoms with van der Waals surface area (Å²) < 4.78 is 33.2. The van der Waals surface area contributed by atoms with Crippen LogP contribution in [0.25, 0.3) is 10.9 Å². The highest BCUT2D eigenvalue weighted by molar-refractivity contribution is 7.92. The lowest BCUT2D eigenvalue weighted by Gasteiger charge is -2.25. The third-order valence-corrected chi connectivity index (χ3v) is 9.91. The van der Waals surface area contributed by atoms with Crippen molar-refractivity contribution in [3.8, 4) is 5.75 Å². The number of hydrogen-bond acceptors (Lipinski definition) is 5. The number of ketones is 1. The number of carbonyl (C=O) groups is 1. The largest absolute Gasteiger partial charge is 0.492 e. The highest BCUT2D eigenvalue weighted by Gasteiger charge is 2.23. The van der Waals surface area contributed by atoms with Crippen LogP contribution in [0.15, 0.2) is 97.1 Å². The summed E-state index contributed by atoms with van der Waals surface area (Å²) in [6.45, 7) is 1.70. The molecule has 1 aliphatic rings. The van der Waals surface area contributed by atoms with E-state index in [1.807, 2.05) is 66.7 Å². The van der Waals surface area contributed by atoms with Crippen LogP contribution in [0.1, 0.15) is 45.6 Å². The van der Waals surface area contributed by atoms with Gasteiger partial charge in [-0.05, 0) is 72.7 Å². The molecule has 238 valence electrons. The first-order valence-corrected chi connectivity index (χ1v) is 17.8.